The Balaban J connectivity index is 2.92. The van der Waals surface area contributed by atoms with Crippen LogP contribution in [-0.2, 0) is 0 Å². The summed E-state index contributed by atoms with van der Waals surface area (Å²) in [5.41, 5.74) is 0.404. The average molecular weight is 174 g/mol. The van der Waals surface area contributed by atoms with Crippen molar-refractivity contribution in [2.75, 3.05) is 0 Å². The van der Waals surface area contributed by atoms with Crippen LogP contribution in [0.3, 0.4) is 0 Å². The van der Waals surface area contributed by atoms with E-state index in [9.17, 15) is 9.59 Å². The Kier molecular flexibility index (Phi) is 1.66. The normalized spacial score (nSPS) is 10.2. The van der Waals surface area contributed by atoms with Gasteiger partial charge in [-0.25, -0.2) is 4.98 Å². The molecule has 0 bridgehead atoms. The number of carbonyl (C=O) groups is 1. The van der Waals surface area contributed by atoms with E-state index >= 15 is 0 Å². The van der Waals surface area contributed by atoms with E-state index in [0.717, 1.165) is 0 Å². The molecule has 0 aliphatic heterocycles. The lowest BCUT2D eigenvalue weighted by Crippen LogP contribution is -2.14. The quantitative estimate of drug-likeness (QED) is 0.592. The zero-order chi connectivity index (χ0) is 9.26. The Morgan fingerprint density at radius 2 is 2.23 bits per heavy atom. The molecule has 2 aromatic heterocycles. The van der Waals surface area contributed by atoms with Crippen LogP contribution < -0.4 is 5.56 Å². The summed E-state index contributed by atoms with van der Waals surface area (Å²) < 4.78 is 1.38. The van der Waals surface area contributed by atoms with Gasteiger partial charge in [0.15, 0.2) is 6.29 Å². The Labute approximate surface area is 73.5 Å². The topological polar surface area (TPSA) is 51.4 Å². The van der Waals surface area contributed by atoms with Gasteiger partial charge in [0, 0.05) is 12.3 Å². The van der Waals surface area contributed by atoms with E-state index in [-0.39, 0.29) is 11.3 Å². The number of aromatic nitrogens is 2. The van der Waals surface area contributed by atoms with Crippen molar-refractivity contribution < 1.29 is 4.79 Å². The van der Waals surface area contributed by atoms with Crippen molar-refractivity contribution in [1.29, 1.82) is 0 Å². The number of aldehydes is 1. The van der Waals surface area contributed by atoms with E-state index in [4.69, 9.17) is 0 Å². The van der Waals surface area contributed by atoms with Gasteiger partial charge in [0.05, 0.1) is 0 Å². The molecule has 0 amide bonds. The maximum absolute atomic E-state index is 11.3. The highest BCUT2D eigenvalue weighted by atomic mass is 16.1. The van der Waals surface area contributed by atoms with E-state index in [1.807, 2.05) is 0 Å². The molecule has 0 aliphatic rings. The van der Waals surface area contributed by atoms with Crippen molar-refractivity contribution in [3.63, 3.8) is 0 Å². The summed E-state index contributed by atoms with van der Waals surface area (Å²) in [6.45, 7) is 0. The van der Waals surface area contributed by atoms with Crippen LogP contribution in [0.25, 0.3) is 5.65 Å². The highest BCUT2D eigenvalue weighted by molar-refractivity contribution is 5.72. The van der Waals surface area contributed by atoms with Crippen molar-refractivity contribution in [3.05, 3.63) is 46.5 Å². The molecule has 0 atom stereocenters. The van der Waals surface area contributed by atoms with E-state index in [2.05, 4.69) is 4.98 Å². The Morgan fingerprint density at radius 1 is 1.38 bits per heavy atom. The SMILES string of the molecule is O=Cc1cc(=O)n2ccccc2n1. The molecular weight excluding hydrogens is 168 g/mol. The number of nitrogens with zero attached hydrogens (tertiary/aromatic N) is 2. The van der Waals surface area contributed by atoms with Crippen molar-refractivity contribution in [2.24, 2.45) is 0 Å². The largest absolute Gasteiger partial charge is 0.296 e. The van der Waals surface area contributed by atoms with Gasteiger partial charge in [-0.05, 0) is 12.1 Å². The maximum atomic E-state index is 11.3. The molecule has 2 rings (SSSR count). The highest BCUT2D eigenvalue weighted by Gasteiger charge is 1.98. The lowest BCUT2D eigenvalue weighted by molar-refractivity contribution is 0.111. The van der Waals surface area contributed by atoms with E-state index in [1.54, 1.807) is 24.4 Å². The predicted octanol–water partition coefficient (Wildman–Crippen LogP) is 0.507. The molecule has 0 radical (unpaired) electrons. The summed E-state index contributed by atoms with van der Waals surface area (Å²) in [5.74, 6) is 0. The van der Waals surface area contributed by atoms with Crippen LogP contribution >= 0.6 is 0 Å². The van der Waals surface area contributed by atoms with Crippen LogP contribution in [0.1, 0.15) is 10.5 Å². The molecule has 4 heteroatoms. The lowest BCUT2D eigenvalue weighted by atomic mass is 10.4. The van der Waals surface area contributed by atoms with Gasteiger partial charge in [-0.2, -0.15) is 0 Å². The summed E-state index contributed by atoms with van der Waals surface area (Å²) in [6, 6.07) is 6.38. The molecule has 0 N–H and O–H groups in total. The van der Waals surface area contributed by atoms with Crippen LogP contribution in [0, 0.1) is 0 Å². The minimum Gasteiger partial charge on any atom is -0.296 e. The van der Waals surface area contributed by atoms with Crippen LogP contribution in [-0.4, -0.2) is 15.7 Å². The van der Waals surface area contributed by atoms with Crippen LogP contribution in [0.2, 0.25) is 0 Å². The first kappa shape index (κ1) is 7.67. The summed E-state index contributed by atoms with van der Waals surface area (Å²) in [7, 11) is 0. The Morgan fingerprint density at radius 3 is 3.00 bits per heavy atom. The summed E-state index contributed by atoms with van der Waals surface area (Å²) >= 11 is 0. The van der Waals surface area contributed by atoms with Crippen LogP contribution in [0.4, 0.5) is 0 Å². The monoisotopic (exact) mass is 174 g/mol. The third kappa shape index (κ3) is 1.22. The average Bonchev–Trinajstić information content (AvgIpc) is 2.18. The van der Waals surface area contributed by atoms with Crippen molar-refractivity contribution in [3.8, 4) is 0 Å². The second-order valence-electron chi connectivity index (χ2n) is 2.57. The van der Waals surface area contributed by atoms with Gasteiger partial charge in [-0.3, -0.25) is 14.0 Å². The fourth-order valence-electron chi connectivity index (χ4n) is 1.13. The number of pyridine rings is 1. The van der Waals surface area contributed by atoms with Gasteiger partial charge in [0.1, 0.15) is 11.3 Å². The zero-order valence-electron chi connectivity index (χ0n) is 6.68. The zero-order valence-corrected chi connectivity index (χ0v) is 6.68. The first-order chi connectivity index (χ1) is 6.31. The number of carbonyl (C=O) groups excluding carboxylic acids is 1. The molecule has 0 fully saturated rings. The second kappa shape index (κ2) is 2.82. The molecule has 0 aromatic carbocycles. The molecule has 0 saturated carbocycles. The third-order valence-corrected chi connectivity index (χ3v) is 1.71. The molecule has 0 aliphatic carbocycles. The predicted molar refractivity (Wildman–Crippen MR) is 46.8 cm³/mol. The maximum Gasteiger partial charge on any atom is 0.258 e. The highest BCUT2D eigenvalue weighted by Crippen LogP contribution is 1.95. The molecule has 0 unspecified atom stereocenters. The molecule has 13 heavy (non-hydrogen) atoms. The van der Waals surface area contributed by atoms with Gasteiger partial charge in [0.25, 0.3) is 5.56 Å². The Hall–Kier alpha value is -1.97. The van der Waals surface area contributed by atoms with E-state index in [1.165, 1.54) is 10.5 Å². The Bertz CT molecular complexity index is 516. The third-order valence-electron chi connectivity index (χ3n) is 1.71. The van der Waals surface area contributed by atoms with Crippen LogP contribution in [0.5, 0.6) is 0 Å². The second-order valence-corrected chi connectivity index (χ2v) is 2.57. The minimum absolute atomic E-state index is 0.163. The molecule has 0 saturated heterocycles. The van der Waals surface area contributed by atoms with Crippen molar-refractivity contribution in [1.82, 2.24) is 9.38 Å². The van der Waals surface area contributed by atoms with Crippen molar-refractivity contribution >= 4 is 11.9 Å². The fraction of sp³-hybridized carbons (Fsp3) is 0. The van der Waals surface area contributed by atoms with E-state index in [0.29, 0.717) is 11.9 Å². The van der Waals surface area contributed by atoms with Gasteiger partial charge in [-0.15, -0.1) is 0 Å². The number of fused-ring (bicyclic) bond motifs is 1. The minimum atomic E-state index is -0.243. The van der Waals surface area contributed by atoms with Gasteiger partial charge < -0.3 is 0 Å². The standard InChI is InChI=1S/C9H6N2O2/c12-6-7-5-9(13)11-4-2-1-3-8(11)10-7/h1-6H. The molecule has 64 valence electrons. The van der Waals surface area contributed by atoms with Crippen molar-refractivity contribution in [2.45, 2.75) is 0 Å². The summed E-state index contributed by atoms with van der Waals surface area (Å²) in [4.78, 5) is 25.7. The van der Waals surface area contributed by atoms with E-state index < -0.39 is 0 Å². The molecule has 2 heterocycles. The lowest BCUT2D eigenvalue weighted by Gasteiger charge is -1.97. The molecule has 0 spiro atoms. The van der Waals surface area contributed by atoms with Gasteiger partial charge >= 0.3 is 0 Å². The first-order valence-electron chi connectivity index (χ1n) is 3.75. The number of rotatable bonds is 1. The molecular formula is C9H6N2O2. The first-order valence-corrected chi connectivity index (χ1v) is 3.75. The fourth-order valence-corrected chi connectivity index (χ4v) is 1.13. The summed E-state index contributed by atoms with van der Waals surface area (Å²) in [5, 5.41) is 0. The van der Waals surface area contributed by atoms with Gasteiger partial charge in [0.2, 0.25) is 0 Å². The summed E-state index contributed by atoms with van der Waals surface area (Å²) in [6.07, 6.45) is 2.17. The number of hydrogen-bond acceptors (Lipinski definition) is 3. The smallest absolute Gasteiger partial charge is 0.258 e. The van der Waals surface area contributed by atoms with Gasteiger partial charge in [-0.1, -0.05) is 6.07 Å². The molecule has 4 nitrogen and oxygen atoms in total. The molecule has 2 aromatic rings. The number of hydrogen-bond donors (Lipinski definition) is 0. The van der Waals surface area contributed by atoms with Crippen LogP contribution in [0.15, 0.2) is 35.3 Å².